The molecule has 0 aromatic carbocycles. The maximum atomic E-state index is 9.08. The second-order valence-corrected chi connectivity index (χ2v) is 1.75. The third kappa shape index (κ3) is 269. The van der Waals surface area contributed by atoms with E-state index in [0.717, 1.165) is 0 Å². The number of hydrogen-bond donors (Lipinski definition) is 1. The standard InChI is InChI=1S/CH3O3S.Cr/c1-5(2,3)4;/h1H2,(H,2,3,4);/q-1;. The first kappa shape index (κ1) is 9.67. The van der Waals surface area contributed by atoms with Crippen molar-refractivity contribution in [2.75, 3.05) is 0 Å². The molecule has 0 aromatic heterocycles. The number of rotatable bonds is 0. The molecule has 0 atom stereocenters. The van der Waals surface area contributed by atoms with Crippen LogP contribution in [0.15, 0.2) is 0 Å². The van der Waals surface area contributed by atoms with Gasteiger partial charge in [0.15, 0.2) is 0 Å². The molecule has 5 heteroatoms. The van der Waals surface area contributed by atoms with Gasteiger partial charge in [-0.05, 0) is 0 Å². The van der Waals surface area contributed by atoms with Crippen molar-refractivity contribution in [3.05, 3.63) is 6.26 Å². The maximum Gasteiger partial charge on any atom is 0.131 e. The van der Waals surface area contributed by atoms with Gasteiger partial charge < -0.3 is 4.55 Å². The fraction of sp³-hybridized carbons (Fsp3) is 0. The van der Waals surface area contributed by atoms with Gasteiger partial charge in [0, 0.05) is 17.4 Å². The molecule has 0 aliphatic rings. The predicted octanol–water partition coefficient (Wildman–Crippen LogP) is -0.337. The summed E-state index contributed by atoms with van der Waals surface area (Å²) in [5.74, 6) is 0. The molecule has 0 aromatic rings. The number of hydrogen-bond acceptors (Lipinski definition) is 2. The minimum absolute atomic E-state index is 0. The first-order valence-corrected chi connectivity index (χ1v) is 2.41. The largest absolute Gasteiger partial charge is 0.310 e. The van der Waals surface area contributed by atoms with Crippen molar-refractivity contribution in [1.82, 2.24) is 0 Å². The van der Waals surface area contributed by atoms with Crippen molar-refractivity contribution in [2.45, 2.75) is 0 Å². The Morgan fingerprint density at radius 3 is 1.50 bits per heavy atom. The van der Waals surface area contributed by atoms with Gasteiger partial charge in [-0.3, -0.25) is 0 Å². The topological polar surface area (TPSA) is 54.4 Å². The fourth-order valence-electron chi connectivity index (χ4n) is 0. The summed E-state index contributed by atoms with van der Waals surface area (Å²) < 4.78 is 25.5. The van der Waals surface area contributed by atoms with Gasteiger partial charge >= 0.3 is 0 Å². The molecule has 0 radical (unpaired) electrons. The van der Waals surface area contributed by atoms with Gasteiger partial charge in [0.25, 0.3) is 0 Å². The van der Waals surface area contributed by atoms with Crippen molar-refractivity contribution in [3.63, 3.8) is 0 Å². The SMILES string of the molecule is [CH2-]S(=O)(=O)O.[Cr]. The van der Waals surface area contributed by atoms with Crippen LogP contribution in [0.1, 0.15) is 0 Å². The Labute approximate surface area is 47.2 Å². The summed E-state index contributed by atoms with van der Waals surface area (Å²) in [6.07, 6.45) is 2.30. The van der Waals surface area contributed by atoms with Crippen LogP contribution in [0, 0.1) is 6.26 Å². The molecular formula is CH3CrO3S-. The summed E-state index contributed by atoms with van der Waals surface area (Å²) in [5, 5.41) is 0. The van der Waals surface area contributed by atoms with Gasteiger partial charge in [0.05, 0.1) is 0 Å². The molecule has 0 rings (SSSR count). The fourth-order valence-corrected chi connectivity index (χ4v) is 0. The summed E-state index contributed by atoms with van der Waals surface area (Å²) in [7, 11) is -3.92. The van der Waals surface area contributed by atoms with E-state index in [4.69, 9.17) is 13.0 Å². The summed E-state index contributed by atoms with van der Waals surface area (Å²) in [4.78, 5) is 0. The van der Waals surface area contributed by atoms with Crippen molar-refractivity contribution in [3.8, 4) is 0 Å². The minimum atomic E-state index is -3.92. The van der Waals surface area contributed by atoms with Crippen molar-refractivity contribution in [1.29, 1.82) is 0 Å². The van der Waals surface area contributed by atoms with Gasteiger partial charge in [-0.15, -0.1) is 0 Å². The zero-order chi connectivity index (χ0) is 4.50. The van der Waals surface area contributed by atoms with E-state index in [1.807, 2.05) is 0 Å². The van der Waals surface area contributed by atoms with Gasteiger partial charge in [-0.25, -0.2) is 8.42 Å². The van der Waals surface area contributed by atoms with Crippen molar-refractivity contribution in [2.24, 2.45) is 0 Å². The van der Waals surface area contributed by atoms with E-state index in [1.54, 1.807) is 0 Å². The molecule has 1 N–H and O–H groups in total. The van der Waals surface area contributed by atoms with E-state index >= 15 is 0 Å². The maximum absolute atomic E-state index is 9.08. The van der Waals surface area contributed by atoms with E-state index in [1.165, 1.54) is 0 Å². The van der Waals surface area contributed by atoms with Crippen LogP contribution in [-0.4, -0.2) is 13.0 Å². The third-order valence-corrected chi connectivity index (χ3v) is 0. The van der Waals surface area contributed by atoms with Crippen molar-refractivity contribution < 1.29 is 30.3 Å². The third-order valence-electron chi connectivity index (χ3n) is 0. The van der Waals surface area contributed by atoms with E-state index in [0.29, 0.717) is 0 Å². The van der Waals surface area contributed by atoms with E-state index < -0.39 is 10.1 Å². The van der Waals surface area contributed by atoms with E-state index in [9.17, 15) is 0 Å². The average molecular weight is 147 g/mol. The van der Waals surface area contributed by atoms with Crippen LogP contribution in [0.3, 0.4) is 0 Å². The molecule has 0 spiro atoms. The second kappa shape index (κ2) is 2.59. The summed E-state index contributed by atoms with van der Waals surface area (Å²) in [5.41, 5.74) is 0. The minimum Gasteiger partial charge on any atom is -0.310 e. The molecule has 0 unspecified atom stereocenters. The Balaban J connectivity index is 0. The van der Waals surface area contributed by atoms with Crippen LogP contribution in [-0.2, 0) is 27.5 Å². The normalized spacial score (nSPS) is 9.67. The second-order valence-electron chi connectivity index (χ2n) is 0.582. The van der Waals surface area contributed by atoms with Crippen LogP contribution in [0.2, 0.25) is 0 Å². The Morgan fingerprint density at radius 2 is 1.50 bits per heavy atom. The van der Waals surface area contributed by atoms with E-state index in [2.05, 4.69) is 6.26 Å². The van der Waals surface area contributed by atoms with Crippen LogP contribution in [0.5, 0.6) is 0 Å². The summed E-state index contributed by atoms with van der Waals surface area (Å²) in [6.45, 7) is 0. The first-order valence-electron chi connectivity index (χ1n) is 0.805. The van der Waals surface area contributed by atoms with Gasteiger partial charge in [-0.2, -0.15) is 6.26 Å². The van der Waals surface area contributed by atoms with Crippen LogP contribution >= 0.6 is 0 Å². The molecule has 0 aliphatic heterocycles. The Bertz CT molecular complexity index is 94.0. The molecule has 0 aliphatic carbocycles. The van der Waals surface area contributed by atoms with Gasteiger partial charge in [0.1, 0.15) is 10.1 Å². The Kier molecular flexibility index (Phi) is 4.17. The zero-order valence-electron chi connectivity index (χ0n) is 2.79. The zero-order valence-corrected chi connectivity index (χ0v) is 4.88. The van der Waals surface area contributed by atoms with Crippen LogP contribution in [0.4, 0.5) is 0 Å². The van der Waals surface area contributed by atoms with Crippen molar-refractivity contribution >= 4 is 10.1 Å². The average Bonchev–Trinajstić information content (AvgIpc) is 0.722. The smallest absolute Gasteiger partial charge is 0.131 e. The first-order chi connectivity index (χ1) is 2.00. The molecule has 6 heavy (non-hydrogen) atoms. The molecule has 0 saturated carbocycles. The summed E-state index contributed by atoms with van der Waals surface area (Å²) >= 11 is 0. The Morgan fingerprint density at radius 1 is 1.50 bits per heavy atom. The van der Waals surface area contributed by atoms with Crippen LogP contribution < -0.4 is 0 Å². The monoisotopic (exact) mass is 147 g/mol. The molecule has 0 bridgehead atoms. The molecule has 3 nitrogen and oxygen atoms in total. The summed E-state index contributed by atoms with van der Waals surface area (Å²) in [6, 6.07) is 0. The quantitative estimate of drug-likeness (QED) is 0.377. The predicted molar refractivity (Wildman–Crippen MR) is 16.9 cm³/mol. The molecule has 0 fully saturated rings. The molecule has 0 heterocycles. The van der Waals surface area contributed by atoms with Gasteiger partial charge in [-0.1, -0.05) is 0 Å². The molecule has 0 amide bonds. The van der Waals surface area contributed by atoms with Crippen LogP contribution in [0.25, 0.3) is 0 Å². The Hall–Kier alpha value is 0.442. The molecule has 38 valence electrons. The van der Waals surface area contributed by atoms with E-state index in [-0.39, 0.29) is 17.4 Å². The van der Waals surface area contributed by atoms with Gasteiger partial charge in [0.2, 0.25) is 0 Å². The molecule has 0 saturated heterocycles. The molecular weight excluding hydrogens is 144 g/mol.